The fraction of sp³-hybridized carbons (Fsp3) is 0.444. The first kappa shape index (κ1) is 16.4. The molecule has 1 aromatic carbocycles. The van der Waals surface area contributed by atoms with Crippen molar-refractivity contribution in [3.63, 3.8) is 0 Å². The van der Waals surface area contributed by atoms with Gasteiger partial charge in [0.25, 0.3) is 5.91 Å². The lowest BCUT2D eigenvalue weighted by molar-refractivity contribution is 0.0582. The van der Waals surface area contributed by atoms with Crippen LogP contribution in [0.25, 0.3) is 10.9 Å². The maximum Gasteiger partial charge on any atom is 0.252 e. The highest BCUT2D eigenvalue weighted by Gasteiger charge is 2.16. The molecule has 1 amide bonds. The van der Waals surface area contributed by atoms with Crippen molar-refractivity contribution in [1.29, 1.82) is 0 Å². The Kier molecular flexibility index (Phi) is 5.28. The van der Waals surface area contributed by atoms with E-state index in [0.717, 1.165) is 33.9 Å². The lowest BCUT2D eigenvalue weighted by Gasteiger charge is -2.12. The molecule has 1 saturated carbocycles. The van der Waals surface area contributed by atoms with Crippen molar-refractivity contribution in [1.82, 2.24) is 10.3 Å². The fourth-order valence-electron chi connectivity index (χ4n) is 3.06. The molecule has 0 aliphatic heterocycles. The number of nitrogens with one attached hydrogen (secondary N) is 1. The molecule has 2 aromatic rings. The highest BCUT2D eigenvalue weighted by atomic mass is 79.9. The number of carbonyl (C=O) groups excluding carboxylic acids is 1. The van der Waals surface area contributed by atoms with Crippen LogP contribution in [0.3, 0.4) is 0 Å². The fourth-order valence-corrected chi connectivity index (χ4v) is 3.42. The number of ether oxygens (including phenoxy) is 1. The summed E-state index contributed by atoms with van der Waals surface area (Å²) < 4.78 is 6.72. The lowest BCUT2D eigenvalue weighted by atomic mass is 10.1. The summed E-state index contributed by atoms with van der Waals surface area (Å²) >= 11 is 3.46. The minimum Gasteiger partial charge on any atom is -0.376 e. The maximum atomic E-state index is 12.5. The molecule has 1 N–H and O–H groups in total. The SMILES string of the molecule is Cc1cc(C(=O)NCCOC2CCCC2)c2cc(Br)ccc2n1. The molecule has 0 unspecified atom stereocenters. The summed E-state index contributed by atoms with van der Waals surface area (Å²) in [6, 6.07) is 7.63. The number of benzene rings is 1. The quantitative estimate of drug-likeness (QED) is 0.802. The van der Waals surface area contributed by atoms with Gasteiger partial charge in [-0.25, -0.2) is 0 Å². The van der Waals surface area contributed by atoms with Crippen molar-refractivity contribution >= 4 is 32.7 Å². The normalized spacial score (nSPS) is 15.2. The summed E-state index contributed by atoms with van der Waals surface area (Å²) in [6.45, 7) is 3.01. The van der Waals surface area contributed by atoms with E-state index in [2.05, 4.69) is 26.2 Å². The number of fused-ring (bicyclic) bond motifs is 1. The molecule has 5 heteroatoms. The molecule has 0 saturated heterocycles. The van der Waals surface area contributed by atoms with Crippen molar-refractivity contribution in [3.8, 4) is 0 Å². The third-order valence-electron chi connectivity index (χ3n) is 4.19. The Hall–Kier alpha value is -1.46. The second-order valence-corrected chi connectivity index (χ2v) is 6.92. The van der Waals surface area contributed by atoms with E-state index in [1.54, 1.807) is 0 Å². The molecular formula is C18H21BrN2O2. The number of rotatable bonds is 5. The molecule has 1 fully saturated rings. The standard InChI is InChI=1S/C18H21BrN2O2/c1-12-10-16(15-11-13(19)6-7-17(15)21-12)18(22)20-8-9-23-14-4-2-3-5-14/h6-7,10-11,14H,2-5,8-9H2,1H3,(H,20,22). The number of aryl methyl sites for hydroxylation is 1. The second-order valence-electron chi connectivity index (χ2n) is 6.01. The number of hydrogen-bond donors (Lipinski definition) is 1. The van der Waals surface area contributed by atoms with Gasteiger partial charge in [-0.15, -0.1) is 0 Å². The largest absolute Gasteiger partial charge is 0.376 e. The van der Waals surface area contributed by atoms with Crippen LogP contribution in [0.15, 0.2) is 28.7 Å². The van der Waals surface area contributed by atoms with E-state index < -0.39 is 0 Å². The molecule has 23 heavy (non-hydrogen) atoms. The zero-order valence-corrected chi connectivity index (χ0v) is 14.9. The van der Waals surface area contributed by atoms with Gasteiger partial charge >= 0.3 is 0 Å². The summed E-state index contributed by atoms with van der Waals surface area (Å²) in [4.78, 5) is 17.0. The average Bonchev–Trinajstić information content (AvgIpc) is 3.04. The first-order valence-corrected chi connectivity index (χ1v) is 8.89. The van der Waals surface area contributed by atoms with E-state index in [0.29, 0.717) is 24.8 Å². The van der Waals surface area contributed by atoms with Gasteiger partial charge in [0.15, 0.2) is 0 Å². The Morgan fingerprint density at radius 3 is 2.91 bits per heavy atom. The Labute approximate surface area is 144 Å². The van der Waals surface area contributed by atoms with Crippen molar-refractivity contribution in [2.24, 2.45) is 0 Å². The minimum atomic E-state index is -0.0754. The molecular weight excluding hydrogens is 356 g/mol. The number of pyridine rings is 1. The van der Waals surface area contributed by atoms with Crippen LogP contribution in [0.5, 0.6) is 0 Å². The number of nitrogens with zero attached hydrogens (tertiary/aromatic N) is 1. The van der Waals surface area contributed by atoms with Crippen LogP contribution in [-0.4, -0.2) is 30.1 Å². The first-order chi connectivity index (χ1) is 11.1. The molecule has 1 aliphatic rings. The average molecular weight is 377 g/mol. The summed E-state index contributed by atoms with van der Waals surface area (Å²) in [5, 5.41) is 3.82. The predicted molar refractivity (Wildman–Crippen MR) is 94.7 cm³/mol. The summed E-state index contributed by atoms with van der Waals surface area (Å²) in [7, 11) is 0. The molecule has 0 spiro atoms. The van der Waals surface area contributed by atoms with Crippen LogP contribution in [-0.2, 0) is 4.74 Å². The van der Waals surface area contributed by atoms with E-state index >= 15 is 0 Å². The van der Waals surface area contributed by atoms with Gasteiger partial charge in [0.05, 0.1) is 23.8 Å². The molecule has 4 nitrogen and oxygen atoms in total. The zero-order chi connectivity index (χ0) is 16.2. The third-order valence-corrected chi connectivity index (χ3v) is 4.68. The Morgan fingerprint density at radius 2 is 2.13 bits per heavy atom. The van der Waals surface area contributed by atoms with Gasteiger partial charge in [0.2, 0.25) is 0 Å². The van der Waals surface area contributed by atoms with Crippen LogP contribution in [0.1, 0.15) is 41.7 Å². The molecule has 3 rings (SSSR count). The molecule has 1 aliphatic carbocycles. The topological polar surface area (TPSA) is 51.2 Å². The summed E-state index contributed by atoms with van der Waals surface area (Å²) in [5.74, 6) is -0.0754. The van der Waals surface area contributed by atoms with E-state index in [1.165, 1.54) is 12.8 Å². The van der Waals surface area contributed by atoms with Crippen molar-refractivity contribution in [2.75, 3.05) is 13.2 Å². The van der Waals surface area contributed by atoms with Gasteiger partial charge in [-0.1, -0.05) is 28.8 Å². The highest BCUT2D eigenvalue weighted by Crippen LogP contribution is 2.23. The van der Waals surface area contributed by atoms with Gasteiger partial charge < -0.3 is 10.1 Å². The number of carbonyl (C=O) groups is 1. The van der Waals surface area contributed by atoms with Crippen LogP contribution in [0, 0.1) is 6.92 Å². The zero-order valence-electron chi connectivity index (χ0n) is 13.3. The van der Waals surface area contributed by atoms with Gasteiger partial charge in [-0.2, -0.15) is 0 Å². The van der Waals surface area contributed by atoms with Crippen LogP contribution in [0.2, 0.25) is 0 Å². The van der Waals surface area contributed by atoms with E-state index in [-0.39, 0.29) is 5.91 Å². The monoisotopic (exact) mass is 376 g/mol. The van der Waals surface area contributed by atoms with Gasteiger partial charge in [-0.05, 0) is 44.0 Å². The Bertz CT molecular complexity index is 711. The van der Waals surface area contributed by atoms with Crippen LogP contribution >= 0.6 is 15.9 Å². The number of hydrogen-bond acceptors (Lipinski definition) is 3. The smallest absolute Gasteiger partial charge is 0.252 e. The third kappa shape index (κ3) is 4.09. The van der Waals surface area contributed by atoms with Crippen molar-refractivity contribution in [2.45, 2.75) is 38.7 Å². The van der Waals surface area contributed by atoms with Crippen molar-refractivity contribution in [3.05, 3.63) is 40.0 Å². The van der Waals surface area contributed by atoms with Gasteiger partial charge in [-0.3, -0.25) is 9.78 Å². The summed E-state index contributed by atoms with van der Waals surface area (Å²) in [6.07, 6.45) is 5.20. The van der Waals surface area contributed by atoms with Crippen LogP contribution < -0.4 is 5.32 Å². The van der Waals surface area contributed by atoms with E-state index in [4.69, 9.17) is 4.74 Å². The number of aromatic nitrogens is 1. The molecule has 0 radical (unpaired) electrons. The van der Waals surface area contributed by atoms with Crippen molar-refractivity contribution < 1.29 is 9.53 Å². The molecule has 1 aromatic heterocycles. The van der Waals surface area contributed by atoms with Gasteiger partial charge in [0.1, 0.15) is 0 Å². The maximum absolute atomic E-state index is 12.5. The number of halogens is 1. The Morgan fingerprint density at radius 1 is 1.35 bits per heavy atom. The highest BCUT2D eigenvalue weighted by molar-refractivity contribution is 9.10. The molecule has 0 bridgehead atoms. The molecule has 122 valence electrons. The molecule has 0 atom stereocenters. The molecule has 1 heterocycles. The van der Waals surface area contributed by atoms with Gasteiger partial charge in [0, 0.05) is 22.1 Å². The minimum absolute atomic E-state index is 0.0754. The predicted octanol–water partition coefficient (Wildman–Crippen LogP) is 3.99. The van der Waals surface area contributed by atoms with E-state index in [9.17, 15) is 4.79 Å². The van der Waals surface area contributed by atoms with Crippen LogP contribution in [0.4, 0.5) is 0 Å². The Balaban J connectivity index is 1.66. The number of amides is 1. The first-order valence-electron chi connectivity index (χ1n) is 8.10. The van der Waals surface area contributed by atoms with E-state index in [1.807, 2.05) is 31.2 Å². The summed E-state index contributed by atoms with van der Waals surface area (Å²) in [5.41, 5.74) is 2.34. The lowest BCUT2D eigenvalue weighted by Crippen LogP contribution is -2.28. The second kappa shape index (κ2) is 7.41.